The number of fused-ring (bicyclic) bond motifs is 21. The fraction of sp³-hybridized carbons (Fsp3) is 0. The lowest BCUT2D eigenvalue weighted by Crippen LogP contribution is -1.89. The molecule has 8 heterocycles. The molecule has 86 heavy (non-hydrogen) atoms. The standard InChI is InChI=1S/2C26H13ClN2S2.C20H11ClN2S/c27-26-28-22(18-10-5-9-17-16-8-3-4-11-19(16)30-24(17)18)25-23(29-26)21-15-7-2-1-6-14(15)12-13-20(21)31-25;27-26-28-23(15-10-11-20-18(13-15)17-7-3-4-8-19(17)30-20)25-24(29-26)22-16-6-2-1-5-14(16)9-12-21(22)31-25;21-20-22-17(13-7-2-1-3-8-13)19-18(23-20)16-14-9-5-4-6-12(14)10-11-15(16)24-19/h2*1-13H;1-11H. The van der Waals surface area contributed by atoms with Crippen molar-refractivity contribution in [2.24, 2.45) is 0 Å². The van der Waals surface area contributed by atoms with Gasteiger partial charge in [-0.25, -0.2) is 29.9 Å². The van der Waals surface area contributed by atoms with Crippen LogP contribution in [0.15, 0.2) is 224 Å². The first kappa shape index (κ1) is 51.8. The zero-order valence-electron chi connectivity index (χ0n) is 44.7. The van der Waals surface area contributed by atoms with Gasteiger partial charge >= 0.3 is 0 Å². The summed E-state index contributed by atoms with van der Waals surface area (Å²) in [7, 11) is 0. The summed E-state index contributed by atoms with van der Waals surface area (Å²) in [5.41, 5.74) is 8.76. The van der Waals surface area contributed by atoms with E-state index in [-0.39, 0.29) is 15.9 Å². The molecule has 0 saturated carbocycles. The van der Waals surface area contributed by atoms with Crippen molar-refractivity contribution in [1.29, 1.82) is 0 Å². The van der Waals surface area contributed by atoms with Gasteiger partial charge in [0.2, 0.25) is 15.9 Å². The minimum Gasteiger partial charge on any atom is -0.216 e. The summed E-state index contributed by atoms with van der Waals surface area (Å²) in [6, 6.07) is 78.6. The summed E-state index contributed by atoms with van der Waals surface area (Å²) < 4.78 is 12.0. The lowest BCUT2D eigenvalue weighted by atomic mass is 10.0. The van der Waals surface area contributed by atoms with Gasteiger partial charge in [-0.1, -0.05) is 182 Å². The molecule has 0 aliphatic heterocycles. The summed E-state index contributed by atoms with van der Waals surface area (Å²) in [6.07, 6.45) is 0. The average Bonchev–Trinajstić information content (AvgIpc) is 2.05. The van der Waals surface area contributed by atoms with E-state index < -0.39 is 0 Å². The summed E-state index contributed by atoms with van der Waals surface area (Å²) in [5, 5.41) is 16.6. The van der Waals surface area contributed by atoms with Crippen molar-refractivity contribution in [3.63, 3.8) is 0 Å². The highest BCUT2D eigenvalue weighted by Gasteiger charge is 2.22. The van der Waals surface area contributed by atoms with Gasteiger partial charge in [0.05, 0.1) is 47.7 Å². The maximum absolute atomic E-state index is 6.50. The van der Waals surface area contributed by atoms with E-state index >= 15 is 0 Å². The first-order valence-corrected chi connectivity index (χ1v) is 32.8. The largest absolute Gasteiger partial charge is 0.223 e. The van der Waals surface area contributed by atoms with Crippen LogP contribution in [-0.4, -0.2) is 29.9 Å². The van der Waals surface area contributed by atoms with E-state index in [1.54, 1.807) is 34.0 Å². The smallest absolute Gasteiger partial charge is 0.216 e. The van der Waals surface area contributed by atoms with Crippen LogP contribution in [0.1, 0.15) is 0 Å². The van der Waals surface area contributed by atoms with Crippen LogP contribution in [0.5, 0.6) is 0 Å². The molecule has 0 radical (unpaired) electrons. The molecule has 11 aromatic carbocycles. The molecule has 0 amide bonds. The predicted octanol–water partition coefficient (Wildman–Crippen LogP) is 23.7. The molecule has 0 saturated heterocycles. The maximum atomic E-state index is 6.50. The molecular weight excluding hydrogens is 1220 g/mol. The topological polar surface area (TPSA) is 77.3 Å². The first-order valence-electron chi connectivity index (χ1n) is 27.6. The fourth-order valence-corrected chi connectivity index (χ4v) is 18.4. The van der Waals surface area contributed by atoms with E-state index in [1.807, 2.05) is 40.9 Å². The van der Waals surface area contributed by atoms with Crippen molar-refractivity contribution in [2.75, 3.05) is 0 Å². The minimum absolute atomic E-state index is 0.283. The third-order valence-corrected chi connectivity index (χ3v) is 22.2. The Labute approximate surface area is 524 Å². The van der Waals surface area contributed by atoms with Crippen LogP contribution >= 0.6 is 91.5 Å². The second kappa shape index (κ2) is 20.8. The Kier molecular flexibility index (Phi) is 12.5. The minimum atomic E-state index is 0.283. The van der Waals surface area contributed by atoms with Gasteiger partial charge in [-0.15, -0.1) is 56.7 Å². The van der Waals surface area contributed by atoms with Crippen LogP contribution in [0.2, 0.25) is 15.9 Å². The number of rotatable bonds is 3. The quantitative estimate of drug-likeness (QED) is 0.164. The van der Waals surface area contributed by atoms with Crippen LogP contribution in [0, 0.1) is 0 Å². The highest BCUT2D eigenvalue weighted by molar-refractivity contribution is 7.28. The third kappa shape index (κ3) is 8.59. The van der Waals surface area contributed by atoms with Crippen molar-refractivity contribution >= 4 is 225 Å². The van der Waals surface area contributed by atoms with Crippen LogP contribution in [-0.2, 0) is 0 Å². The molecule has 8 aromatic heterocycles. The van der Waals surface area contributed by atoms with Crippen molar-refractivity contribution in [3.05, 3.63) is 240 Å². The van der Waals surface area contributed by atoms with Gasteiger partial charge in [-0.3, -0.25) is 0 Å². The van der Waals surface area contributed by atoms with Crippen LogP contribution in [0.4, 0.5) is 0 Å². The molecule has 0 fully saturated rings. The number of aromatic nitrogens is 6. The summed E-state index contributed by atoms with van der Waals surface area (Å²) >= 11 is 28.1. The second-order valence-corrected chi connectivity index (χ2v) is 27.1. The fourth-order valence-electron chi connectivity index (χ4n) is 12.1. The van der Waals surface area contributed by atoms with Crippen LogP contribution in [0.3, 0.4) is 0 Å². The van der Waals surface area contributed by atoms with E-state index in [4.69, 9.17) is 44.8 Å². The van der Waals surface area contributed by atoms with Gasteiger partial charge in [0.1, 0.15) is 0 Å². The molecular formula is C72H37Cl3N6S5. The molecule has 19 aromatic rings. The van der Waals surface area contributed by atoms with Crippen molar-refractivity contribution < 1.29 is 0 Å². The molecule has 0 atom stereocenters. The second-order valence-electron chi connectivity index (χ2n) is 20.8. The SMILES string of the molecule is Clc1nc(-c2ccc3sc4ccccc4c3c2)c2sc3ccc4ccccc4c3c2n1.Clc1nc(-c2cccc3c2sc2ccccc23)c2sc3ccc4ccccc4c3c2n1.Clc1nc(-c2ccccc2)c2sc3ccc4ccccc4c3c2n1. The Morgan fingerprint density at radius 2 is 0.628 bits per heavy atom. The predicted molar refractivity (Wildman–Crippen MR) is 374 cm³/mol. The van der Waals surface area contributed by atoms with Gasteiger partial charge in [-0.05, 0) is 110 Å². The number of halogens is 3. The molecule has 0 aliphatic carbocycles. The van der Waals surface area contributed by atoms with E-state index in [9.17, 15) is 0 Å². The Bertz CT molecular complexity index is 5980. The third-order valence-electron chi connectivity index (χ3n) is 15.9. The summed E-state index contributed by atoms with van der Waals surface area (Å²) in [4.78, 5) is 27.9. The highest BCUT2D eigenvalue weighted by atomic mass is 35.5. The molecule has 19 rings (SSSR count). The monoisotopic (exact) mass is 1250 g/mol. The number of benzene rings is 11. The van der Waals surface area contributed by atoms with E-state index in [0.717, 1.165) is 80.6 Å². The Hall–Kier alpha value is -8.59. The molecule has 0 bridgehead atoms. The van der Waals surface area contributed by atoms with Crippen LogP contribution < -0.4 is 0 Å². The number of thiophene rings is 5. The Balaban J connectivity index is 0.000000102. The lowest BCUT2D eigenvalue weighted by Gasteiger charge is -2.05. The Morgan fingerprint density at radius 3 is 1.16 bits per heavy atom. The van der Waals surface area contributed by atoms with Gasteiger partial charge in [0, 0.05) is 87.3 Å². The molecule has 14 heteroatoms. The van der Waals surface area contributed by atoms with Gasteiger partial charge in [0.15, 0.2) is 0 Å². The zero-order chi connectivity index (χ0) is 57.1. The van der Waals surface area contributed by atoms with Crippen LogP contribution in [0.25, 0.3) is 167 Å². The summed E-state index contributed by atoms with van der Waals surface area (Å²) in [5.74, 6) is 0. The Morgan fingerprint density at radius 1 is 0.244 bits per heavy atom. The molecule has 0 N–H and O–H groups in total. The van der Waals surface area contributed by atoms with Gasteiger partial charge in [0.25, 0.3) is 0 Å². The van der Waals surface area contributed by atoms with Crippen molar-refractivity contribution in [1.82, 2.24) is 29.9 Å². The number of nitrogens with zero attached hydrogens (tertiary/aromatic N) is 6. The average molecular weight is 1250 g/mol. The summed E-state index contributed by atoms with van der Waals surface area (Å²) in [6.45, 7) is 0. The molecule has 406 valence electrons. The molecule has 6 nitrogen and oxygen atoms in total. The maximum Gasteiger partial charge on any atom is 0.223 e. The highest BCUT2D eigenvalue weighted by Crippen LogP contribution is 2.48. The zero-order valence-corrected chi connectivity index (χ0v) is 51.1. The van der Waals surface area contributed by atoms with E-state index in [2.05, 4.69) is 226 Å². The molecule has 0 unspecified atom stereocenters. The van der Waals surface area contributed by atoms with Gasteiger partial charge < -0.3 is 0 Å². The molecule has 0 aliphatic rings. The normalized spacial score (nSPS) is 11.9. The lowest BCUT2D eigenvalue weighted by molar-refractivity contribution is 1.24. The number of hydrogen-bond donors (Lipinski definition) is 0. The van der Waals surface area contributed by atoms with E-state index in [1.165, 1.54) is 86.8 Å². The van der Waals surface area contributed by atoms with E-state index in [0.29, 0.717) is 0 Å². The first-order chi connectivity index (χ1) is 42.3. The molecule has 0 spiro atoms. The van der Waals surface area contributed by atoms with Gasteiger partial charge in [-0.2, -0.15) is 0 Å². The number of hydrogen-bond acceptors (Lipinski definition) is 11. The van der Waals surface area contributed by atoms with Crippen molar-refractivity contribution in [2.45, 2.75) is 0 Å². The van der Waals surface area contributed by atoms with Crippen molar-refractivity contribution in [3.8, 4) is 33.8 Å².